The normalized spacial score (nSPS) is 17.9. The highest BCUT2D eigenvalue weighted by atomic mass is 19.1. The van der Waals surface area contributed by atoms with Crippen molar-refractivity contribution in [3.63, 3.8) is 0 Å². The molecule has 0 amide bonds. The quantitative estimate of drug-likeness (QED) is 0.664. The standard InChI is InChI=1S/C14H15FO/c1-11-4-5-13(15)10-12(11)6-9-14(16)7-2-3-8-14/h4-5,10,16H,2-3,7-8H2,1H3. The Balaban J connectivity index is 2.26. The SMILES string of the molecule is Cc1ccc(F)cc1C#CC1(O)CCCC1. The lowest BCUT2D eigenvalue weighted by molar-refractivity contribution is 0.110. The van der Waals surface area contributed by atoms with Crippen LogP contribution in [0.15, 0.2) is 18.2 Å². The average Bonchev–Trinajstić information content (AvgIpc) is 2.67. The van der Waals surface area contributed by atoms with Gasteiger partial charge in [0.2, 0.25) is 0 Å². The second-order valence-electron chi connectivity index (χ2n) is 4.45. The van der Waals surface area contributed by atoms with Crippen LogP contribution in [0.25, 0.3) is 0 Å². The van der Waals surface area contributed by atoms with Gasteiger partial charge in [0.05, 0.1) is 0 Å². The van der Waals surface area contributed by atoms with Crippen LogP contribution in [0.3, 0.4) is 0 Å². The van der Waals surface area contributed by atoms with E-state index in [4.69, 9.17) is 0 Å². The van der Waals surface area contributed by atoms with Gasteiger partial charge in [0, 0.05) is 5.56 Å². The first kappa shape index (κ1) is 11.2. The van der Waals surface area contributed by atoms with Crippen molar-refractivity contribution in [1.29, 1.82) is 0 Å². The Labute approximate surface area is 95.3 Å². The summed E-state index contributed by atoms with van der Waals surface area (Å²) in [5.41, 5.74) is 0.759. The van der Waals surface area contributed by atoms with Crippen LogP contribution in [0.1, 0.15) is 36.8 Å². The number of aryl methyl sites for hydroxylation is 1. The summed E-state index contributed by atoms with van der Waals surface area (Å²) in [4.78, 5) is 0. The summed E-state index contributed by atoms with van der Waals surface area (Å²) in [6, 6.07) is 4.55. The van der Waals surface area contributed by atoms with E-state index in [-0.39, 0.29) is 5.82 Å². The molecule has 2 heteroatoms. The molecular formula is C14H15FO. The molecule has 1 nitrogen and oxygen atoms in total. The first-order valence-electron chi connectivity index (χ1n) is 5.61. The highest BCUT2D eigenvalue weighted by Gasteiger charge is 2.28. The van der Waals surface area contributed by atoms with Crippen LogP contribution in [-0.2, 0) is 0 Å². The molecule has 84 valence electrons. The Morgan fingerprint density at radius 2 is 2.00 bits per heavy atom. The second kappa shape index (κ2) is 4.27. The minimum absolute atomic E-state index is 0.284. The lowest BCUT2D eigenvalue weighted by atomic mass is 10.0. The molecule has 1 aromatic carbocycles. The first-order valence-corrected chi connectivity index (χ1v) is 5.61. The molecule has 0 spiro atoms. The third-order valence-electron chi connectivity index (χ3n) is 3.06. The van der Waals surface area contributed by atoms with E-state index in [9.17, 15) is 9.50 Å². The zero-order valence-electron chi connectivity index (χ0n) is 9.39. The molecule has 0 radical (unpaired) electrons. The van der Waals surface area contributed by atoms with E-state index < -0.39 is 5.60 Å². The highest BCUT2D eigenvalue weighted by Crippen LogP contribution is 2.28. The van der Waals surface area contributed by atoms with Crippen LogP contribution in [0.4, 0.5) is 4.39 Å². The fourth-order valence-corrected chi connectivity index (χ4v) is 2.00. The van der Waals surface area contributed by atoms with Gasteiger partial charge in [-0.1, -0.05) is 17.9 Å². The molecule has 1 aliphatic carbocycles. The van der Waals surface area contributed by atoms with E-state index in [2.05, 4.69) is 11.8 Å². The van der Waals surface area contributed by atoms with E-state index in [0.29, 0.717) is 5.56 Å². The van der Waals surface area contributed by atoms with Crippen molar-refractivity contribution in [2.45, 2.75) is 38.2 Å². The van der Waals surface area contributed by atoms with E-state index >= 15 is 0 Å². The van der Waals surface area contributed by atoms with E-state index in [0.717, 1.165) is 31.2 Å². The van der Waals surface area contributed by atoms with Crippen molar-refractivity contribution in [1.82, 2.24) is 0 Å². The van der Waals surface area contributed by atoms with Gasteiger partial charge in [0.15, 0.2) is 0 Å². The molecule has 16 heavy (non-hydrogen) atoms. The van der Waals surface area contributed by atoms with Crippen LogP contribution in [-0.4, -0.2) is 10.7 Å². The van der Waals surface area contributed by atoms with E-state index in [1.165, 1.54) is 12.1 Å². The third kappa shape index (κ3) is 2.43. The molecule has 0 aliphatic heterocycles. The fourth-order valence-electron chi connectivity index (χ4n) is 2.00. The van der Waals surface area contributed by atoms with Gasteiger partial charge in [-0.05, 0) is 50.3 Å². The molecule has 0 bridgehead atoms. The van der Waals surface area contributed by atoms with Gasteiger partial charge in [0.25, 0.3) is 0 Å². The predicted octanol–water partition coefficient (Wildman–Crippen LogP) is 2.79. The second-order valence-corrected chi connectivity index (χ2v) is 4.45. The molecule has 1 aromatic rings. The van der Waals surface area contributed by atoms with Crippen molar-refractivity contribution in [3.05, 3.63) is 35.1 Å². The molecule has 0 saturated heterocycles. The van der Waals surface area contributed by atoms with Crippen molar-refractivity contribution in [2.24, 2.45) is 0 Å². The van der Waals surface area contributed by atoms with Crippen LogP contribution < -0.4 is 0 Å². The van der Waals surface area contributed by atoms with Crippen molar-refractivity contribution in [3.8, 4) is 11.8 Å². The van der Waals surface area contributed by atoms with E-state index in [1.54, 1.807) is 6.07 Å². The first-order chi connectivity index (χ1) is 7.59. The van der Waals surface area contributed by atoms with Crippen LogP contribution >= 0.6 is 0 Å². The smallest absolute Gasteiger partial charge is 0.125 e. The number of aliphatic hydroxyl groups is 1. The van der Waals surface area contributed by atoms with Crippen LogP contribution in [0.2, 0.25) is 0 Å². The van der Waals surface area contributed by atoms with Crippen molar-refractivity contribution in [2.75, 3.05) is 0 Å². The molecule has 0 aromatic heterocycles. The van der Waals surface area contributed by atoms with Gasteiger partial charge in [-0.3, -0.25) is 0 Å². The van der Waals surface area contributed by atoms with Gasteiger partial charge in [-0.2, -0.15) is 0 Å². The summed E-state index contributed by atoms with van der Waals surface area (Å²) in [5, 5.41) is 10.0. The molecular weight excluding hydrogens is 203 g/mol. The Bertz CT molecular complexity index is 448. The summed E-state index contributed by atoms with van der Waals surface area (Å²) >= 11 is 0. The average molecular weight is 218 g/mol. The summed E-state index contributed by atoms with van der Waals surface area (Å²) < 4.78 is 13.0. The number of benzene rings is 1. The lowest BCUT2D eigenvalue weighted by Crippen LogP contribution is -2.20. The largest absolute Gasteiger partial charge is 0.378 e. The zero-order chi connectivity index (χ0) is 11.6. The van der Waals surface area contributed by atoms with Crippen molar-refractivity contribution >= 4 is 0 Å². The lowest BCUT2D eigenvalue weighted by Gasteiger charge is -2.12. The number of hydrogen-bond acceptors (Lipinski definition) is 1. The van der Waals surface area contributed by atoms with Crippen LogP contribution in [0, 0.1) is 24.6 Å². The minimum Gasteiger partial charge on any atom is -0.378 e. The predicted molar refractivity (Wildman–Crippen MR) is 61.4 cm³/mol. The minimum atomic E-state index is -0.848. The maximum Gasteiger partial charge on any atom is 0.125 e. The summed E-state index contributed by atoms with van der Waals surface area (Å²) in [6.07, 6.45) is 3.50. The molecule has 0 unspecified atom stereocenters. The van der Waals surface area contributed by atoms with Crippen LogP contribution in [0.5, 0.6) is 0 Å². The molecule has 2 rings (SSSR count). The highest BCUT2D eigenvalue weighted by molar-refractivity contribution is 5.42. The Kier molecular flexibility index (Phi) is 2.98. The summed E-state index contributed by atoms with van der Waals surface area (Å²) in [6.45, 7) is 1.89. The Morgan fingerprint density at radius 1 is 1.31 bits per heavy atom. The number of hydrogen-bond donors (Lipinski definition) is 1. The van der Waals surface area contributed by atoms with Gasteiger partial charge in [-0.15, -0.1) is 0 Å². The van der Waals surface area contributed by atoms with Gasteiger partial charge >= 0.3 is 0 Å². The summed E-state index contributed by atoms with van der Waals surface area (Å²) in [5.74, 6) is 5.49. The molecule has 1 saturated carbocycles. The fraction of sp³-hybridized carbons (Fsp3) is 0.429. The monoisotopic (exact) mass is 218 g/mol. The van der Waals surface area contributed by atoms with Gasteiger partial charge in [-0.25, -0.2) is 4.39 Å². The molecule has 0 atom stereocenters. The van der Waals surface area contributed by atoms with Crippen molar-refractivity contribution < 1.29 is 9.50 Å². The Hall–Kier alpha value is -1.33. The topological polar surface area (TPSA) is 20.2 Å². The number of halogens is 1. The maximum absolute atomic E-state index is 13.0. The zero-order valence-corrected chi connectivity index (χ0v) is 9.39. The third-order valence-corrected chi connectivity index (χ3v) is 3.06. The molecule has 0 heterocycles. The van der Waals surface area contributed by atoms with E-state index in [1.807, 2.05) is 6.92 Å². The number of rotatable bonds is 0. The maximum atomic E-state index is 13.0. The summed E-state index contributed by atoms with van der Waals surface area (Å²) in [7, 11) is 0. The molecule has 1 N–H and O–H groups in total. The van der Waals surface area contributed by atoms with Gasteiger partial charge < -0.3 is 5.11 Å². The molecule has 1 aliphatic rings. The Morgan fingerprint density at radius 3 is 2.69 bits per heavy atom. The van der Waals surface area contributed by atoms with Gasteiger partial charge in [0.1, 0.15) is 11.4 Å². The molecule has 1 fully saturated rings.